The number of esters is 1. The average molecular weight is 907 g/mol. The van der Waals surface area contributed by atoms with E-state index in [1.165, 1.54) is 0 Å². The van der Waals surface area contributed by atoms with Crippen LogP contribution in [0.2, 0.25) is 0 Å². The molecule has 0 atom stereocenters. The first-order chi connectivity index (χ1) is 32.2. The molecule has 0 spiro atoms. The second-order valence-electron chi connectivity index (χ2n) is 16.6. The molecule has 2 amide bonds. The predicted octanol–water partition coefficient (Wildman–Crippen LogP) is 2.36. The van der Waals surface area contributed by atoms with E-state index in [-0.39, 0.29) is 30.1 Å². The van der Waals surface area contributed by atoms with Gasteiger partial charge in [-0.3, -0.25) is 58.7 Å². The molecule has 5 rings (SSSR count). The third-order valence-corrected chi connectivity index (χ3v) is 11.3. The normalized spacial score (nSPS) is 14.9. The van der Waals surface area contributed by atoms with E-state index in [0.717, 1.165) is 22.8 Å². The number of pyridine rings is 4. The van der Waals surface area contributed by atoms with Gasteiger partial charge in [0.15, 0.2) is 0 Å². The van der Waals surface area contributed by atoms with Crippen LogP contribution in [0.3, 0.4) is 0 Å². The number of hydrogen-bond acceptors (Lipinski definition) is 15. The highest BCUT2D eigenvalue weighted by Gasteiger charge is 2.21. The first kappa shape index (κ1) is 51.4. The van der Waals surface area contributed by atoms with E-state index in [1.54, 1.807) is 38.6 Å². The minimum atomic E-state index is -0.283. The summed E-state index contributed by atoms with van der Waals surface area (Å²) >= 11 is 0. The monoisotopic (exact) mass is 907 g/mol. The number of aromatic nitrogens is 4. The third kappa shape index (κ3) is 21.2. The number of hydrogen-bond donors (Lipinski definition) is 2. The lowest BCUT2D eigenvalue weighted by Gasteiger charge is -2.33. The van der Waals surface area contributed by atoms with E-state index in [1.807, 2.05) is 72.8 Å². The number of carbonyl (C=O) groups excluding carboxylic acids is 4. The van der Waals surface area contributed by atoms with Crippen LogP contribution in [0.25, 0.3) is 0 Å². The molecule has 356 valence electrons. The van der Waals surface area contributed by atoms with Crippen molar-refractivity contribution in [3.05, 3.63) is 120 Å². The topological polar surface area (TPSA) is 173 Å². The first-order valence-corrected chi connectivity index (χ1v) is 23.3. The number of Topliss-reactive ketones (excluding diaryl/α,β-unsaturated/α-hetero) is 1. The van der Waals surface area contributed by atoms with Gasteiger partial charge in [-0.1, -0.05) is 24.3 Å². The fraction of sp³-hybridized carbons (Fsp3) is 0.510. The molecule has 2 N–H and O–H groups in total. The molecule has 1 saturated heterocycles. The highest BCUT2D eigenvalue weighted by atomic mass is 16.5. The molecule has 4 aromatic rings. The van der Waals surface area contributed by atoms with E-state index in [9.17, 15) is 19.2 Å². The standard InChI is InChI=1S/C49H70N12O5/c1-3-66-49(65)41-59-34-30-56(24-16-47(63)54-22-26-60(37-43-12-4-8-18-50-43)38-44-13-5-9-19-51-44)28-32-58(36-42(2)62)33-29-57(31-35-59)25-17-48(64)55-23-27-61(39-45-14-6-10-20-52-45)40-46-15-7-11-21-53-46/h4-15,18-21H,3,16-17,22-41H2,1-2H3,(H,54,63)(H,55,64). The first-order valence-electron chi connectivity index (χ1n) is 23.3. The second kappa shape index (κ2) is 29.9. The summed E-state index contributed by atoms with van der Waals surface area (Å²) in [5, 5.41) is 6.24. The SMILES string of the molecule is CCOC(=O)CN1CCN(CCC(=O)NCCN(Cc2ccccn2)Cc2ccccn2)CCN(CC(C)=O)CCN(CCC(=O)NCCN(Cc2ccccn2)Cc2ccccn2)CC1. The quantitative estimate of drug-likeness (QED) is 0.0929. The fourth-order valence-corrected chi connectivity index (χ4v) is 7.76. The summed E-state index contributed by atoms with van der Waals surface area (Å²) in [5.41, 5.74) is 3.80. The Labute approximate surface area is 390 Å². The van der Waals surface area contributed by atoms with Crippen LogP contribution in [0.4, 0.5) is 0 Å². The van der Waals surface area contributed by atoms with E-state index >= 15 is 0 Å². The molecule has 5 heterocycles. The van der Waals surface area contributed by atoms with Crippen LogP contribution in [0, 0.1) is 0 Å². The van der Waals surface area contributed by atoms with Crippen LogP contribution in [0.5, 0.6) is 0 Å². The summed E-state index contributed by atoms with van der Waals surface area (Å²) in [7, 11) is 0. The van der Waals surface area contributed by atoms with E-state index < -0.39 is 0 Å². The van der Waals surface area contributed by atoms with Gasteiger partial charge in [0.25, 0.3) is 0 Å². The fourth-order valence-electron chi connectivity index (χ4n) is 7.76. The molecule has 0 bridgehead atoms. The van der Waals surface area contributed by atoms with Crippen molar-refractivity contribution in [3.63, 3.8) is 0 Å². The van der Waals surface area contributed by atoms with Gasteiger partial charge < -0.3 is 25.2 Å². The summed E-state index contributed by atoms with van der Waals surface area (Å²) in [6.07, 6.45) is 7.77. The maximum atomic E-state index is 13.3. The van der Waals surface area contributed by atoms with Gasteiger partial charge in [-0.05, 0) is 62.4 Å². The molecule has 0 unspecified atom stereocenters. The predicted molar refractivity (Wildman–Crippen MR) is 254 cm³/mol. The van der Waals surface area contributed by atoms with Crippen molar-refractivity contribution >= 4 is 23.6 Å². The average Bonchev–Trinajstić information content (AvgIpc) is 3.31. The lowest BCUT2D eigenvalue weighted by molar-refractivity contribution is -0.144. The van der Waals surface area contributed by atoms with Crippen molar-refractivity contribution in [2.45, 2.75) is 52.9 Å². The number of carbonyl (C=O) groups is 4. The molecular weight excluding hydrogens is 837 g/mol. The Bertz CT molecular complexity index is 1780. The molecule has 66 heavy (non-hydrogen) atoms. The lowest BCUT2D eigenvalue weighted by Crippen LogP contribution is -2.48. The third-order valence-electron chi connectivity index (χ3n) is 11.3. The molecule has 0 radical (unpaired) electrons. The maximum absolute atomic E-state index is 13.3. The van der Waals surface area contributed by atoms with Crippen LogP contribution >= 0.6 is 0 Å². The smallest absolute Gasteiger partial charge is 0.320 e. The highest BCUT2D eigenvalue weighted by molar-refractivity contribution is 5.77. The van der Waals surface area contributed by atoms with Gasteiger partial charge in [-0.15, -0.1) is 0 Å². The van der Waals surface area contributed by atoms with Gasteiger partial charge in [0.2, 0.25) is 11.8 Å². The van der Waals surface area contributed by atoms with Crippen LogP contribution in [-0.4, -0.2) is 184 Å². The van der Waals surface area contributed by atoms with Crippen molar-refractivity contribution in [1.82, 2.24) is 60.0 Å². The molecule has 1 aliphatic rings. The Hall–Kier alpha value is -5.56. The van der Waals surface area contributed by atoms with Gasteiger partial charge in [0, 0.05) is 155 Å². The van der Waals surface area contributed by atoms with E-state index in [4.69, 9.17) is 4.74 Å². The van der Waals surface area contributed by atoms with Crippen LogP contribution in [0.15, 0.2) is 97.6 Å². The van der Waals surface area contributed by atoms with Crippen molar-refractivity contribution in [2.24, 2.45) is 0 Å². The Balaban J connectivity index is 1.13. The van der Waals surface area contributed by atoms with Crippen molar-refractivity contribution in [2.75, 3.05) is 111 Å². The lowest BCUT2D eigenvalue weighted by atomic mass is 10.2. The van der Waals surface area contributed by atoms with Gasteiger partial charge in [0.1, 0.15) is 5.78 Å². The number of amides is 2. The zero-order valence-electron chi connectivity index (χ0n) is 39.0. The molecule has 0 saturated carbocycles. The zero-order chi connectivity index (χ0) is 46.6. The number of nitrogens with one attached hydrogen (secondary N) is 2. The zero-order valence-corrected chi connectivity index (χ0v) is 39.0. The van der Waals surface area contributed by atoms with E-state index in [2.05, 4.69) is 60.0 Å². The summed E-state index contributed by atoms with van der Waals surface area (Å²) in [5.74, 6) is -0.271. The second-order valence-corrected chi connectivity index (χ2v) is 16.6. The molecule has 0 aromatic carbocycles. The Kier molecular flexibility index (Phi) is 23.3. The Morgan fingerprint density at radius 2 is 0.879 bits per heavy atom. The minimum Gasteiger partial charge on any atom is -0.465 e. The number of ketones is 1. The molecule has 17 nitrogen and oxygen atoms in total. The van der Waals surface area contributed by atoms with Crippen LogP contribution < -0.4 is 10.6 Å². The Morgan fingerprint density at radius 3 is 1.20 bits per heavy atom. The van der Waals surface area contributed by atoms with Gasteiger partial charge >= 0.3 is 5.97 Å². The van der Waals surface area contributed by atoms with Crippen LogP contribution in [0.1, 0.15) is 49.5 Å². The minimum absolute atomic E-state index is 0.0355. The van der Waals surface area contributed by atoms with Gasteiger partial charge in [-0.25, -0.2) is 0 Å². The summed E-state index contributed by atoms with van der Waals surface area (Å²) < 4.78 is 5.35. The summed E-state index contributed by atoms with van der Waals surface area (Å²) in [4.78, 5) is 83.0. The molecule has 1 aliphatic heterocycles. The maximum Gasteiger partial charge on any atom is 0.320 e. The number of rotatable bonds is 25. The van der Waals surface area contributed by atoms with Crippen molar-refractivity contribution < 1.29 is 23.9 Å². The summed E-state index contributed by atoms with van der Waals surface area (Å²) in [6, 6.07) is 23.5. The Morgan fingerprint density at radius 1 is 0.530 bits per heavy atom. The van der Waals surface area contributed by atoms with E-state index in [0.29, 0.717) is 144 Å². The highest BCUT2D eigenvalue weighted by Crippen LogP contribution is 2.09. The molecule has 4 aromatic heterocycles. The molecule has 1 fully saturated rings. The van der Waals surface area contributed by atoms with Gasteiger partial charge in [0.05, 0.1) is 42.5 Å². The molecule has 17 heteroatoms. The van der Waals surface area contributed by atoms with Crippen molar-refractivity contribution in [3.8, 4) is 0 Å². The number of ether oxygens (including phenoxy) is 1. The molecule has 0 aliphatic carbocycles. The largest absolute Gasteiger partial charge is 0.465 e. The van der Waals surface area contributed by atoms with Crippen molar-refractivity contribution in [1.29, 1.82) is 0 Å². The van der Waals surface area contributed by atoms with Crippen LogP contribution in [-0.2, 0) is 50.1 Å². The molecular formula is C49H70N12O5. The number of nitrogens with zero attached hydrogens (tertiary/aromatic N) is 10. The van der Waals surface area contributed by atoms with Gasteiger partial charge in [-0.2, -0.15) is 0 Å². The summed E-state index contributed by atoms with van der Waals surface area (Å²) in [6.45, 7) is 15.0.